The van der Waals surface area contributed by atoms with E-state index in [1.807, 2.05) is 56.3 Å². The monoisotopic (exact) mass is 493 g/mol. The summed E-state index contributed by atoms with van der Waals surface area (Å²) in [5.74, 6) is 1.74. The van der Waals surface area contributed by atoms with Crippen LogP contribution in [0.4, 0.5) is 11.6 Å². The molecule has 0 bridgehead atoms. The summed E-state index contributed by atoms with van der Waals surface area (Å²) in [6.07, 6.45) is 5.72. The van der Waals surface area contributed by atoms with Crippen LogP contribution in [0.3, 0.4) is 0 Å². The number of rotatable bonds is 8. The van der Waals surface area contributed by atoms with Crippen LogP contribution < -0.4 is 20.7 Å². The lowest BCUT2D eigenvalue weighted by atomic mass is 10.0. The molecule has 37 heavy (non-hydrogen) atoms. The van der Waals surface area contributed by atoms with Crippen LogP contribution >= 0.6 is 0 Å². The van der Waals surface area contributed by atoms with E-state index in [1.165, 1.54) is 0 Å². The molecule has 0 saturated carbocycles. The minimum Gasteiger partial charge on any atom is -0.437 e. The molecule has 2 aromatic heterocycles. The Balaban J connectivity index is 1.46. The van der Waals surface area contributed by atoms with Gasteiger partial charge in [0.05, 0.1) is 23.2 Å². The fraction of sp³-hybridized carbons (Fsp3) is 0.310. The number of anilines is 2. The smallest absolute Gasteiger partial charge is 0.228 e. The van der Waals surface area contributed by atoms with Crippen molar-refractivity contribution in [3.63, 3.8) is 0 Å². The van der Waals surface area contributed by atoms with E-state index in [4.69, 9.17) is 15.0 Å². The normalized spacial score (nSPS) is 16.1. The van der Waals surface area contributed by atoms with E-state index in [0.717, 1.165) is 65.0 Å². The number of nitriles is 1. The molecule has 3 N–H and O–H groups in total. The lowest BCUT2D eigenvalue weighted by Crippen LogP contribution is -2.38. The standard InChI is InChI=1S/C29H31N7O/c1-19(16-30)17-34-25-9-3-7-23-22(25)11-10-20(2)27(23)37-28-24(8-5-14-32-28)26-12-15-33-29(36-26)35-21-6-4-13-31-18-21/h3,5,7-12,14-15,19,21,31,34H,4,6,13,17-18H2,1-2H3,(H,33,35,36)/t19?,21-/m0/s1. The van der Waals surface area contributed by atoms with Crippen LogP contribution in [0, 0.1) is 24.2 Å². The number of ether oxygens (including phenoxy) is 1. The molecule has 8 nitrogen and oxygen atoms in total. The average molecular weight is 494 g/mol. The van der Waals surface area contributed by atoms with E-state index in [0.29, 0.717) is 24.4 Å². The van der Waals surface area contributed by atoms with Crippen molar-refractivity contribution in [3.05, 3.63) is 66.5 Å². The molecule has 1 aliphatic heterocycles. The van der Waals surface area contributed by atoms with Gasteiger partial charge in [-0.15, -0.1) is 0 Å². The molecular formula is C29H31N7O. The summed E-state index contributed by atoms with van der Waals surface area (Å²) in [6.45, 7) is 6.46. The van der Waals surface area contributed by atoms with Gasteiger partial charge in [-0.3, -0.25) is 0 Å². The summed E-state index contributed by atoms with van der Waals surface area (Å²) < 4.78 is 6.52. The maximum Gasteiger partial charge on any atom is 0.228 e. The number of benzene rings is 2. The van der Waals surface area contributed by atoms with Crippen LogP contribution in [0.5, 0.6) is 11.6 Å². The highest BCUT2D eigenvalue weighted by molar-refractivity contribution is 5.98. The molecule has 2 aromatic carbocycles. The number of nitrogens with one attached hydrogen (secondary N) is 3. The Kier molecular flexibility index (Phi) is 7.43. The number of pyridine rings is 1. The number of piperidine rings is 1. The van der Waals surface area contributed by atoms with Crippen molar-refractivity contribution < 1.29 is 4.74 Å². The Labute approximate surface area is 217 Å². The number of fused-ring (bicyclic) bond motifs is 1. The highest BCUT2D eigenvalue weighted by Crippen LogP contribution is 2.38. The second-order valence-electron chi connectivity index (χ2n) is 9.43. The Hall–Kier alpha value is -4.22. The third-order valence-corrected chi connectivity index (χ3v) is 6.56. The number of aromatic nitrogens is 3. The van der Waals surface area contributed by atoms with E-state index in [1.54, 1.807) is 12.4 Å². The summed E-state index contributed by atoms with van der Waals surface area (Å²) in [5, 5.41) is 21.4. The zero-order chi connectivity index (χ0) is 25.6. The second kappa shape index (κ2) is 11.2. The van der Waals surface area contributed by atoms with Gasteiger partial charge in [0.25, 0.3) is 0 Å². The van der Waals surface area contributed by atoms with Gasteiger partial charge in [0, 0.05) is 48.0 Å². The molecule has 1 fully saturated rings. The maximum absolute atomic E-state index is 9.16. The van der Waals surface area contributed by atoms with Crippen molar-refractivity contribution in [1.82, 2.24) is 20.3 Å². The van der Waals surface area contributed by atoms with E-state index in [2.05, 4.69) is 38.1 Å². The fourth-order valence-electron chi connectivity index (χ4n) is 4.54. The Morgan fingerprint density at radius 2 is 2.03 bits per heavy atom. The van der Waals surface area contributed by atoms with Crippen molar-refractivity contribution in [2.24, 2.45) is 5.92 Å². The molecule has 0 amide bonds. The SMILES string of the molecule is Cc1ccc2c(NCC(C)C#N)cccc2c1Oc1ncccc1-c1ccnc(N[C@H]2CCCNC2)n1. The van der Waals surface area contributed by atoms with E-state index in [-0.39, 0.29) is 5.92 Å². The predicted octanol–water partition coefficient (Wildman–Crippen LogP) is 5.53. The van der Waals surface area contributed by atoms with Crippen LogP contribution in [-0.2, 0) is 0 Å². The Morgan fingerprint density at radius 1 is 1.11 bits per heavy atom. The molecular weight excluding hydrogens is 462 g/mol. The number of aryl methyl sites for hydroxylation is 1. The molecule has 2 atom stereocenters. The van der Waals surface area contributed by atoms with Gasteiger partial charge >= 0.3 is 0 Å². The largest absolute Gasteiger partial charge is 0.437 e. The first kappa shape index (κ1) is 24.5. The summed E-state index contributed by atoms with van der Waals surface area (Å²) in [5.41, 5.74) is 3.51. The third kappa shape index (κ3) is 5.63. The molecule has 0 radical (unpaired) electrons. The number of nitrogens with zero attached hydrogens (tertiary/aromatic N) is 4. The number of hydrogen-bond acceptors (Lipinski definition) is 8. The van der Waals surface area contributed by atoms with Crippen molar-refractivity contribution in [1.29, 1.82) is 5.26 Å². The van der Waals surface area contributed by atoms with Gasteiger partial charge in [0.2, 0.25) is 11.8 Å². The molecule has 0 spiro atoms. The molecule has 188 valence electrons. The zero-order valence-electron chi connectivity index (χ0n) is 21.2. The van der Waals surface area contributed by atoms with Crippen LogP contribution in [0.15, 0.2) is 60.9 Å². The lowest BCUT2D eigenvalue weighted by molar-refractivity contribution is 0.466. The van der Waals surface area contributed by atoms with Crippen LogP contribution in [0.25, 0.3) is 22.0 Å². The maximum atomic E-state index is 9.16. The first-order valence-electron chi connectivity index (χ1n) is 12.7. The van der Waals surface area contributed by atoms with E-state index >= 15 is 0 Å². The third-order valence-electron chi connectivity index (χ3n) is 6.56. The first-order valence-corrected chi connectivity index (χ1v) is 12.7. The molecule has 1 unspecified atom stereocenters. The Morgan fingerprint density at radius 3 is 2.86 bits per heavy atom. The van der Waals surface area contributed by atoms with Gasteiger partial charge in [-0.1, -0.05) is 24.3 Å². The molecule has 3 heterocycles. The first-order chi connectivity index (χ1) is 18.1. The highest BCUT2D eigenvalue weighted by atomic mass is 16.5. The summed E-state index contributed by atoms with van der Waals surface area (Å²) in [7, 11) is 0. The second-order valence-corrected chi connectivity index (χ2v) is 9.43. The van der Waals surface area contributed by atoms with Crippen molar-refractivity contribution >= 4 is 22.4 Å². The van der Waals surface area contributed by atoms with Gasteiger partial charge in [0.15, 0.2) is 0 Å². The lowest BCUT2D eigenvalue weighted by Gasteiger charge is -2.23. The summed E-state index contributed by atoms with van der Waals surface area (Å²) in [6, 6.07) is 18.5. The van der Waals surface area contributed by atoms with Gasteiger partial charge < -0.3 is 20.7 Å². The molecule has 4 aromatic rings. The minimum absolute atomic E-state index is 0.0888. The molecule has 1 saturated heterocycles. The van der Waals surface area contributed by atoms with E-state index < -0.39 is 0 Å². The number of hydrogen-bond donors (Lipinski definition) is 3. The summed E-state index contributed by atoms with van der Waals surface area (Å²) in [4.78, 5) is 13.8. The highest BCUT2D eigenvalue weighted by Gasteiger charge is 2.17. The molecule has 8 heteroatoms. The quantitative estimate of drug-likeness (QED) is 0.294. The van der Waals surface area contributed by atoms with Crippen molar-refractivity contribution in [2.75, 3.05) is 30.3 Å². The predicted molar refractivity (Wildman–Crippen MR) is 147 cm³/mol. The van der Waals surface area contributed by atoms with Crippen molar-refractivity contribution in [2.45, 2.75) is 32.7 Å². The Bertz CT molecular complexity index is 1430. The topological polar surface area (TPSA) is 108 Å². The molecule has 1 aliphatic rings. The van der Waals surface area contributed by atoms with Crippen LogP contribution in [0.2, 0.25) is 0 Å². The minimum atomic E-state index is -0.0888. The van der Waals surface area contributed by atoms with Gasteiger partial charge in [-0.25, -0.2) is 15.0 Å². The molecule has 5 rings (SSSR count). The van der Waals surface area contributed by atoms with Gasteiger partial charge in [-0.2, -0.15) is 5.26 Å². The zero-order valence-corrected chi connectivity index (χ0v) is 21.2. The van der Waals surface area contributed by atoms with E-state index in [9.17, 15) is 0 Å². The van der Waals surface area contributed by atoms with Crippen LogP contribution in [0.1, 0.15) is 25.3 Å². The van der Waals surface area contributed by atoms with Crippen molar-refractivity contribution in [3.8, 4) is 29.0 Å². The van der Waals surface area contributed by atoms with Gasteiger partial charge in [0.1, 0.15) is 5.75 Å². The molecule has 0 aliphatic carbocycles. The average Bonchev–Trinajstić information content (AvgIpc) is 2.94. The summed E-state index contributed by atoms with van der Waals surface area (Å²) >= 11 is 0. The van der Waals surface area contributed by atoms with Crippen LogP contribution in [-0.4, -0.2) is 40.6 Å². The fourth-order valence-corrected chi connectivity index (χ4v) is 4.54. The van der Waals surface area contributed by atoms with Gasteiger partial charge in [-0.05, 0) is 63.1 Å².